The first-order valence-corrected chi connectivity index (χ1v) is 10.6. The molecule has 0 spiro atoms. The molecule has 154 valence electrons. The van der Waals surface area contributed by atoms with Crippen molar-refractivity contribution in [2.45, 2.75) is 0 Å². The molecule has 4 rings (SSSR count). The molecule has 1 aromatic heterocycles. The van der Waals surface area contributed by atoms with Gasteiger partial charge in [-0.25, -0.2) is 4.98 Å². The number of halogens is 2. The Morgan fingerprint density at radius 3 is 2.61 bits per heavy atom. The van der Waals surface area contributed by atoms with E-state index in [1.54, 1.807) is 30.5 Å². The monoisotopic (exact) mass is 493 g/mol. The van der Waals surface area contributed by atoms with Gasteiger partial charge in [0, 0.05) is 5.56 Å². The van der Waals surface area contributed by atoms with E-state index in [0.717, 1.165) is 5.56 Å². The smallest absolute Gasteiger partial charge is 0.282 e. The highest BCUT2D eigenvalue weighted by Gasteiger charge is 2.13. The molecule has 0 saturated heterocycles. The number of rotatable bonds is 6. The third-order valence-corrected chi connectivity index (χ3v) is 5.34. The van der Waals surface area contributed by atoms with Crippen LogP contribution in [0, 0.1) is 0 Å². The highest BCUT2D eigenvalue weighted by atomic mass is 79.9. The van der Waals surface area contributed by atoms with Gasteiger partial charge in [-0.05, 0) is 45.8 Å². The van der Waals surface area contributed by atoms with Crippen LogP contribution in [0.1, 0.15) is 5.56 Å². The average molecular weight is 495 g/mol. The minimum Gasteiger partial charge on any atom is -0.487 e. The summed E-state index contributed by atoms with van der Waals surface area (Å²) in [6, 6.07) is 20.2. The molecule has 5 nitrogen and oxygen atoms in total. The molecule has 7 heteroatoms. The lowest BCUT2D eigenvalue weighted by Gasteiger charge is -2.10. The van der Waals surface area contributed by atoms with Crippen LogP contribution in [0.25, 0.3) is 22.3 Å². The average Bonchev–Trinajstić information content (AvgIpc) is 2.78. The molecule has 0 fully saturated rings. The number of hydrogen-bond donors (Lipinski definition) is 0. The summed E-state index contributed by atoms with van der Waals surface area (Å²) in [4.78, 5) is 17.9. The van der Waals surface area contributed by atoms with E-state index in [9.17, 15) is 4.79 Å². The maximum Gasteiger partial charge on any atom is 0.282 e. The number of benzene rings is 3. The molecule has 0 unspecified atom stereocenters. The maximum absolute atomic E-state index is 13.2. The normalized spacial score (nSPS) is 11.2. The highest BCUT2D eigenvalue weighted by molar-refractivity contribution is 9.10. The Kier molecular flexibility index (Phi) is 6.30. The fourth-order valence-electron chi connectivity index (χ4n) is 3.06. The fraction of sp³-hybridized carbons (Fsp3) is 0.0417. The lowest BCUT2D eigenvalue weighted by Crippen LogP contribution is -2.20. The summed E-state index contributed by atoms with van der Waals surface area (Å²) in [5.41, 5.74) is 1.85. The molecule has 1 heterocycles. The van der Waals surface area contributed by atoms with Crippen molar-refractivity contribution >= 4 is 44.6 Å². The van der Waals surface area contributed by atoms with Crippen LogP contribution in [0.3, 0.4) is 0 Å². The predicted molar refractivity (Wildman–Crippen MR) is 129 cm³/mol. The predicted octanol–water partition coefficient (Wildman–Crippen LogP) is 5.93. The SMILES string of the molecule is C=CCOc1c(Cl)cc(C=Nn2c(-c3ccccc3)nc3ccccc3c2=O)cc1Br. The molecule has 4 aromatic rings. The summed E-state index contributed by atoms with van der Waals surface area (Å²) >= 11 is 9.82. The molecular formula is C24H17BrClN3O2. The maximum atomic E-state index is 13.2. The summed E-state index contributed by atoms with van der Waals surface area (Å²) in [6.45, 7) is 3.97. The van der Waals surface area contributed by atoms with Crippen LogP contribution in [0.2, 0.25) is 5.02 Å². The highest BCUT2D eigenvalue weighted by Crippen LogP contribution is 2.34. The van der Waals surface area contributed by atoms with Gasteiger partial charge in [-0.2, -0.15) is 9.78 Å². The number of nitrogens with zero attached hydrogens (tertiary/aromatic N) is 3. The van der Waals surface area contributed by atoms with Gasteiger partial charge in [0.25, 0.3) is 5.56 Å². The van der Waals surface area contributed by atoms with E-state index in [1.807, 2.05) is 48.5 Å². The van der Waals surface area contributed by atoms with Crippen LogP contribution in [0.15, 0.2) is 93.8 Å². The van der Waals surface area contributed by atoms with Crippen LogP contribution < -0.4 is 10.3 Å². The van der Waals surface area contributed by atoms with Gasteiger partial charge in [0.2, 0.25) is 0 Å². The zero-order valence-corrected chi connectivity index (χ0v) is 18.7. The number of fused-ring (bicyclic) bond motifs is 1. The second-order valence-electron chi connectivity index (χ2n) is 6.59. The topological polar surface area (TPSA) is 56.5 Å². The summed E-state index contributed by atoms with van der Waals surface area (Å²) < 4.78 is 7.56. The van der Waals surface area contributed by atoms with Crippen LogP contribution in [0.5, 0.6) is 5.75 Å². The van der Waals surface area contributed by atoms with Gasteiger partial charge in [0.1, 0.15) is 6.61 Å². The first kappa shape index (κ1) is 21.0. The van der Waals surface area contributed by atoms with E-state index in [2.05, 4.69) is 32.6 Å². The van der Waals surface area contributed by atoms with Crippen molar-refractivity contribution < 1.29 is 4.74 Å². The van der Waals surface area contributed by atoms with E-state index < -0.39 is 0 Å². The Bertz CT molecular complexity index is 1330. The number of hydrogen-bond acceptors (Lipinski definition) is 4. The summed E-state index contributed by atoms with van der Waals surface area (Å²) in [5, 5.41) is 5.37. The molecule has 3 aromatic carbocycles. The Labute approximate surface area is 192 Å². The molecular weight excluding hydrogens is 478 g/mol. The molecule has 0 amide bonds. The van der Waals surface area contributed by atoms with Crippen LogP contribution in [0.4, 0.5) is 0 Å². The van der Waals surface area contributed by atoms with Gasteiger partial charge in [-0.3, -0.25) is 4.79 Å². The summed E-state index contributed by atoms with van der Waals surface area (Å²) in [5.74, 6) is 0.977. The fourth-order valence-corrected chi connectivity index (χ4v) is 4.05. The molecule has 0 aliphatic carbocycles. The molecule has 0 bridgehead atoms. The van der Waals surface area contributed by atoms with E-state index in [-0.39, 0.29) is 5.56 Å². The van der Waals surface area contributed by atoms with Gasteiger partial charge < -0.3 is 4.74 Å². The van der Waals surface area contributed by atoms with Crippen molar-refractivity contribution in [1.82, 2.24) is 9.66 Å². The van der Waals surface area contributed by atoms with Gasteiger partial charge in [0.05, 0.1) is 26.6 Å². The third-order valence-electron chi connectivity index (χ3n) is 4.47. The van der Waals surface area contributed by atoms with Gasteiger partial charge in [-0.1, -0.05) is 66.7 Å². The van der Waals surface area contributed by atoms with Crippen molar-refractivity contribution in [3.63, 3.8) is 0 Å². The Morgan fingerprint density at radius 2 is 1.87 bits per heavy atom. The van der Waals surface area contributed by atoms with Gasteiger partial charge >= 0.3 is 0 Å². The minimum absolute atomic E-state index is 0.253. The number of aromatic nitrogens is 2. The van der Waals surface area contributed by atoms with Crippen molar-refractivity contribution in [3.05, 3.63) is 105 Å². The largest absolute Gasteiger partial charge is 0.487 e. The molecule has 0 atom stereocenters. The van der Waals surface area contributed by atoms with Crippen molar-refractivity contribution in [1.29, 1.82) is 0 Å². The minimum atomic E-state index is -0.253. The third kappa shape index (κ3) is 4.45. The second kappa shape index (κ2) is 9.29. The Hall–Kier alpha value is -3.22. The van der Waals surface area contributed by atoms with Crippen LogP contribution >= 0.6 is 27.5 Å². The summed E-state index contributed by atoms with van der Waals surface area (Å²) in [7, 11) is 0. The van der Waals surface area contributed by atoms with E-state index in [4.69, 9.17) is 16.3 Å². The molecule has 0 saturated carbocycles. The quantitative estimate of drug-likeness (QED) is 0.247. The summed E-state index contributed by atoms with van der Waals surface area (Å²) in [6.07, 6.45) is 3.21. The molecule has 31 heavy (non-hydrogen) atoms. The standard InChI is InChI=1S/C24H17BrClN3O2/c1-2-12-31-22-19(25)13-16(14-20(22)26)15-27-29-23(17-8-4-3-5-9-17)28-21-11-7-6-10-18(21)24(29)30/h2-11,13-15H,1,12H2. The first-order valence-electron chi connectivity index (χ1n) is 9.43. The zero-order valence-electron chi connectivity index (χ0n) is 16.3. The number of para-hydroxylation sites is 1. The second-order valence-corrected chi connectivity index (χ2v) is 7.86. The van der Waals surface area contributed by atoms with E-state index in [1.165, 1.54) is 4.68 Å². The van der Waals surface area contributed by atoms with Gasteiger partial charge in [-0.15, -0.1) is 0 Å². The van der Waals surface area contributed by atoms with Crippen LogP contribution in [-0.2, 0) is 0 Å². The van der Waals surface area contributed by atoms with Crippen molar-refractivity contribution in [2.24, 2.45) is 5.10 Å². The lowest BCUT2D eigenvalue weighted by atomic mass is 10.2. The molecule has 0 N–H and O–H groups in total. The van der Waals surface area contributed by atoms with Gasteiger partial charge in [0.15, 0.2) is 11.6 Å². The number of ether oxygens (including phenoxy) is 1. The van der Waals surface area contributed by atoms with Crippen LogP contribution in [-0.4, -0.2) is 22.5 Å². The molecule has 0 aliphatic rings. The molecule has 0 aliphatic heterocycles. The van der Waals surface area contributed by atoms with Crippen molar-refractivity contribution in [3.8, 4) is 17.1 Å². The molecule has 0 radical (unpaired) electrons. The Morgan fingerprint density at radius 1 is 1.13 bits per heavy atom. The Balaban J connectivity index is 1.83. The van der Waals surface area contributed by atoms with E-state index >= 15 is 0 Å². The first-order chi connectivity index (χ1) is 15.1. The van der Waals surface area contributed by atoms with Crippen molar-refractivity contribution in [2.75, 3.05) is 6.61 Å². The lowest BCUT2D eigenvalue weighted by molar-refractivity contribution is 0.361. The zero-order chi connectivity index (χ0) is 21.8. The van der Waals surface area contributed by atoms with E-state index in [0.29, 0.717) is 44.1 Å².